The maximum absolute atomic E-state index is 13.0. The van der Waals surface area contributed by atoms with Gasteiger partial charge in [-0.05, 0) is 12.1 Å². The number of aromatic nitrogens is 1. The maximum Gasteiger partial charge on any atom is 0.338 e. The Kier molecular flexibility index (Phi) is 4.33. The molecule has 0 atom stereocenters. The molecule has 17 heavy (non-hydrogen) atoms. The minimum Gasteiger partial charge on any atom is -0.478 e. The Morgan fingerprint density at radius 2 is 2.29 bits per heavy atom. The van der Waals surface area contributed by atoms with E-state index in [1.54, 1.807) is 6.08 Å². The van der Waals surface area contributed by atoms with Gasteiger partial charge in [0, 0.05) is 13.5 Å². The van der Waals surface area contributed by atoms with E-state index in [0.29, 0.717) is 12.2 Å². The summed E-state index contributed by atoms with van der Waals surface area (Å²) in [7, 11) is 0. The quantitative estimate of drug-likeness (QED) is 0.822. The van der Waals surface area contributed by atoms with Gasteiger partial charge in [-0.2, -0.15) is 0 Å². The molecule has 1 amide bonds. The summed E-state index contributed by atoms with van der Waals surface area (Å²) in [6, 6.07) is 1.13. The van der Waals surface area contributed by atoms with Crippen LogP contribution >= 0.6 is 0 Å². The molecule has 0 aliphatic heterocycles. The summed E-state index contributed by atoms with van der Waals surface area (Å²) < 4.78 is 13.0. The van der Waals surface area contributed by atoms with Gasteiger partial charge in [-0.25, -0.2) is 9.18 Å². The first-order chi connectivity index (χ1) is 8.00. The lowest BCUT2D eigenvalue weighted by molar-refractivity contribution is -0.118. The predicted molar refractivity (Wildman–Crippen MR) is 58.9 cm³/mol. The molecule has 0 saturated heterocycles. The lowest BCUT2D eigenvalue weighted by Crippen LogP contribution is -2.19. The number of carbonyl (C=O) groups is 2. The monoisotopic (exact) mass is 238 g/mol. The molecule has 6 heteroatoms. The number of carboxylic acid groups (broad SMARTS) is 1. The Balaban J connectivity index is 2.75. The van der Waals surface area contributed by atoms with Crippen LogP contribution < -0.4 is 5.32 Å². The van der Waals surface area contributed by atoms with Crippen molar-refractivity contribution in [2.24, 2.45) is 0 Å². The van der Waals surface area contributed by atoms with Crippen LogP contribution in [0.15, 0.2) is 18.3 Å². The van der Waals surface area contributed by atoms with Crippen molar-refractivity contribution in [3.63, 3.8) is 0 Å². The second-order valence-electron chi connectivity index (χ2n) is 3.23. The summed E-state index contributed by atoms with van der Waals surface area (Å²) in [6.07, 6.45) is 3.94. The van der Waals surface area contributed by atoms with Crippen molar-refractivity contribution < 1.29 is 19.1 Å². The summed E-state index contributed by atoms with van der Waals surface area (Å²) in [5.74, 6) is -2.40. The van der Waals surface area contributed by atoms with Crippen LogP contribution in [0.5, 0.6) is 0 Å². The molecule has 0 radical (unpaired) electrons. The van der Waals surface area contributed by atoms with Crippen LogP contribution in [0.4, 0.5) is 4.39 Å². The topological polar surface area (TPSA) is 79.3 Å². The second-order valence-corrected chi connectivity index (χ2v) is 3.23. The number of rotatable bonds is 4. The number of amides is 1. The van der Waals surface area contributed by atoms with Gasteiger partial charge in [-0.3, -0.25) is 9.78 Å². The highest BCUT2D eigenvalue weighted by molar-refractivity contribution is 5.88. The molecule has 1 heterocycles. The van der Waals surface area contributed by atoms with Crippen LogP contribution in [-0.2, 0) is 4.79 Å². The van der Waals surface area contributed by atoms with Crippen molar-refractivity contribution in [2.75, 3.05) is 6.54 Å². The van der Waals surface area contributed by atoms with Crippen molar-refractivity contribution in [1.82, 2.24) is 10.3 Å². The average molecular weight is 238 g/mol. The fourth-order valence-corrected chi connectivity index (χ4v) is 1.09. The van der Waals surface area contributed by atoms with Gasteiger partial charge in [0.1, 0.15) is 0 Å². The standard InChI is InChI=1S/C11H11FN2O3/c1-7(15)13-4-2-3-8-5-9(11(16)17)10(12)6-14-8/h2-3,5-6H,4H2,1H3,(H,13,15)(H,16,17). The molecular formula is C11H11FN2O3. The molecular weight excluding hydrogens is 227 g/mol. The Morgan fingerprint density at radius 3 is 2.88 bits per heavy atom. The molecule has 0 aliphatic carbocycles. The molecule has 0 unspecified atom stereocenters. The molecule has 1 rings (SSSR count). The Labute approximate surface area is 97.0 Å². The molecule has 0 saturated carbocycles. The average Bonchev–Trinajstić information content (AvgIpc) is 2.25. The van der Waals surface area contributed by atoms with E-state index in [1.165, 1.54) is 13.0 Å². The smallest absolute Gasteiger partial charge is 0.338 e. The van der Waals surface area contributed by atoms with E-state index in [-0.39, 0.29) is 5.91 Å². The van der Waals surface area contributed by atoms with Gasteiger partial charge in [0.2, 0.25) is 5.91 Å². The Morgan fingerprint density at radius 1 is 1.59 bits per heavy atom. The van der Waals surface area contributed by atoms with E-state index in [1.807, 2.05) is 0 Å². The van der Waals surface area contributed by atoms with E-state index in [2.05, 4.69) is 10.3 Å². The molecule has 0 fully saturated rings. The normalized spacial score (nSPS) is 10.5. The van der Waals surface area contributed by atoms with Crippen molar-refractivity contribution in [3.05, 3.63) is 35.4 Å². The van der Waals surface area contributed by atoms with Crippen molar-refractivity contribution >= 4 is 18.0 Å². The van der Waals surface area contributed by atoms with E-state index in [0.717, 1.165) is 12.3 Å². The summed E-state index contributed by atoms with van der Waals surface area (Å²) >= 11 is 0. The number of hydrogen-bond acceptors (Lipinski definition) is 3. The van der Waals surface area contributed by atoms with Crippen LogP contribution in [0.1, 0.15) is 23.0 Å². The number of nitrogens with one attached hydrogen (secondary N) is 1. The second kappa shape index (κ2) is 5.74. The molecule has 1 aromatic heterocycles. The van der Waals surface area contributed by atoms with Crippen LogP contribution in [0.2, 0.25) is 0 Å². The van der Waals surface area contributed by atoms with Crippen LogP contribution in [-0.4, -0.2) is 28.5 Å². The summed E-state index contributed by atoms with van der Waals surface area (Å²) in [6.45, 7) is 1.68. The van der Waals surface area contributed by atoms with Crippen LogP contribution in [0.3, 0.4) is 0 Å². The highest BCUT2D eigenvalue weighted by Crippen LogP contribution is 2.08. The van der Waals surface area contributed by atoms with Gasteiger partial charge in [0.25, 0.3) is 0 Å². The molecule has 0 aliphatic rings. The lowest BCUT2D eigenvalue weighted by Gasteiger charge is -1.99. The fourth-order valence-electron chi connectivity index (χ4n) is 1.09. The van der Waals surface area contributed by atoms with Crippen LogP contribution in [0, 0.1) is 5.82 Å². The van der Waals surface area contributed by atoms with E-state index >= 15 is 0 Å². The summed E-state index contributed by atoms with van der Waals surface area (Å²) in [4.78, 5) is 24.9. The molecule has 1 aromatic rings. The largest absolute Gasteiger partial charge is 0.478 e. The van der Waals surface area contributed by atoms with Crippen molar-refractivity contribution in [2.45, 2.75) is 6.92 Å². The number of hydrogen-bond donors (Lipinski definition) is 2. The van der Waals surface area contributed by atoms with E-state index in [4.69, 9.17) is 5.11 Å². The third kappa shape index (κ3) is 4.02. The van der Waals surface area contributed by atoms with Crippen molar-refractivity contribution in [3.8, 4) is 0 Å². The Bertz CT molecular complexity index is 472. The zero-order valence-corrected chi connectivity index (χ0v) is 9.11. The van der Waals surface area contributed by atoms with Gasteiger partial charge >= 0.3 is 5.97 Å². The van der Waals surface area contributed by atoms with E-state index in [9.17, 15) is 14.0 Å². The fraction of sp³-hybridized carbons (Fsp3) is 0.182. The molecule has 0 bridgehead atoms. The highest BCUT2D eigenvalue weighted by Gasteiger charge is 2.10. The van der Waals surface area contributed by atoms with E-state index < -0.39 is 17.3 Å². The first kappa shape index (κ1) is 12.8. The Hall–Kier alpha value is -2.24. The minimum atomic E-state index is -1.35. The first-order valence-corrected chi connectivity index (χ1v) is 4.80. The third-order valence-corrected chi connectivity index (χ3v) is 1.86. The lowest BCUT2D eigenvalue weighted by atomic mass is 10.2. The first-order valence-electron chi connectivity index (χ1n) is 4.80. The maximum atomic E-state index is 13.0. The zero-order valence-electron chi connectivity index (χ0n) is 9.11. The molecule has 2 N–H and O–H groups in total. The number of aromatic carboxylic acids is 1. The van der Waals surface area contributed by atoms with Gasteiger partial charge in [0.05, 0.1) is 17.5 Å². The third-order valence-electron chi connectivity index (χ3n) is 1.86. The predicted octanol–water partition coefficient (Wildman–Crippen LogP) is 1.07. The number of nitrogens with zero attached hydrogens (tertiary/aromatic N) is 1. The number of carboxylic acids is 1. The van der Waals surface area contributed by atoms with Gasteiger partial charge in [0.15, 0.2) is 5.82 Å². The SMILES string of the molecule is CC(=O)NCC=Cc1cc(C(=O)O)c(F)cn1. The number of carbonyl (C=O) groups excluding carboxylic acids is 1. The van der Waals surface area contributed by atoms with Crippen molar-refractivity contribution in [1.29, 1.82) is 0 Å². The van der Waals surface area contributed by atoms with Gasteiger partial charge in [-0.15, -0.1) is 0 Å². The number of pyridine rings is 1. The summed E-state index contributed by atoms with van der Waals surface area (Å²) in [5, 5.41) is 11.2. The minimum absolute atomic E-state index is 0.173. The highest BCUT2D eigenvalue weighted by atomic mass is 19.1. The molecule has 0 spiro atoms. The number of halogens is 1. The molecule has 0 aromatic carbocycles. The van der Waals surface area contributed by atoms with Gasteiger partial charge < -0.3 is 10.4 Å². The zero-order chi connectivity index (χ0) is 12.8. The van der Waals surface area contributed by atoms with Crippen LogP contribution in [0.25, 0.3) is 6.08 Å². The molecule has 90 valence electrons. The summed E-state index contributed by atoms with van der Waals surface area (Å²) in [5.41, 5.74) is -0.117. The van der Waals surface area contributed by atoms with Gasteiger partial charge in [-0.1, -0.05) is 6.08 Å². The molecule has 5 nitrogen and oxygen atoms in total.